The third kappa shape index (κ3) is 2.73. The molecule has 0 saturated carbocycles. The molecule has 0 unspecified atom stereocenters. The topological polar surface area (TPSA) is 67.0 Å². The lowest BCUT2D eigenvalue weighted by molar-refractivity contribution is 0.102. The van der Waals surface area contributed by atoms with Crippen molar-refractivity contribution < 1.29 is 9.53 Å². The number of benzene rings is 2. The van der Waals surface area contributed by atoms with E-state index in [4.69, 9.17) is 27.9 Å². The Labute approximate surface area is 136 Å². The van der Waals surface area contributed by atoms with Crippen molar-refractivity contribution in [3.8, 4) is 5.75 Å². The number of para-hydroxylation sites is 2. The molecule has 112 valence electrons. The molecule has 0 bridgehead atoms. The van der Waals surface area contributed by atoms with Crippen LogP contribution in [-0.2, 0) is 0 Å². The summed E-state index contributed by atoms with van der Waals surface area (Å²) in [5.41, 5.74) is 1.92. The maximum atomic E-state index is 12.3. The second-order valence-corrected chi connectivity index (χ2v) is 5.34. The predicted molar refractivity (Wildman–Crippen MR) is 87.1 cm³/mol. The van der Waals surface area contributed by atoms with Crippen LogP contribution in [0.2, 0.25) is 10.0 Å². The van der Waals surface area contributed by atoms with Crippen molar-refractivity contribution in [1.29, 1.82) is 0 Å². The molecular weight excluding hydrogens is 325 g/mol. The van der Waals surface area contributed by atoms with Gasteiger partial charge in [0, 0.05) is 5.56 Å². The van der Waals surface area contributed by atoms with Gasteiger partial charge in [-0.1, -0.05) is 35.3 Å². The van der Waals surface area contributed by atoms with E-state index in [1.165, 1.54) is 19.2 Å². The van der Waals surface area contributed by atoms with Crippen LogP contribution in [0.15, 0.2) is 36.4 Å². The molecule has 5 nitrogen and oxygen atoms in total. The number of hydrogen-bond donors (Lipinski definition) is 2. The number of H-pyrrole nitrogens is 1. The average Bonchev–Trinajstić information content (AvgIpc) is 2.89. The second-order valence-electron chi connectivity index (χ2n) is 4.53. The molecule has 0 aliphatic carbocycles. The number of anilines is 1. The van der Waals surface area contributed by atoms with E-state index in [0.29, 0.717) is 17.3 Å². The maximum absolute atomic E-state index is 12.3. The number of nitrogens with one attached hydrogen (secondary N) is 2. The number of ether oxygens (including phenoxy) is 1. The van der Waals surface area contributed by atoms with Crippen molar-refractivity contribution in [3.63, 3.8) is 0 Å². The molecule has 2 N–H and O–H groups in total. The van der Waals surface area contributed by atoms with Gasteiger partial charge in [0.25, 0.3) is 5.91 Å². The number of aromatic nitrogens is 2. The molecular formula is C15H11Cl2N3O2. The van der Waals surface area contributed by atoms with Gasteiger partial charge in [-0.05, 0) is 24.3 Å². The minimum absolute atomic E-state index is 0.268. The van der Waals surface area contributed by atoms with Crippen LogP contribution in [0.5, 0.6) is 5.75 Å². The summed E-state index contributed by atoms with van der Waals surface area (Å²) in [6.07, 6.45) is 0. The van der Waals surface area contributed by atoms with Crippen LogP contribution in [-0.4, -0.2) is 23.0 Å². The van der Waals surface area contributed by atoms with Gasteiger partial charge < -0.3 is 9.72 Å². The van der Waals surface area contributed by atoms with Gasteiger partial charge in [-0.25, -0.2) is 4.98 Å². The van der Waals surface area contributed by atoms with Crippen molar-refractivity contribution in [2.45, 2.75) is 0 Å². The molecule has 1 amide bonds. The molecule has 0 aliphatic rings. The Hall–Kier alpha value is -2.24. The highest BCUT2D eigenvalue weighted by molar-refractivity contribution is 6.37. The number of methoxy groups -OCH3 is 1. The fourth-order valence-corrected chi connectivity index (χ4v) is 2.72. The highest BCUT2D eigenvalue weighted by Gasteiger charge is 2.14. The largest absolute Gasteiger partial charge is 0.494 e. The molecule has 0 spiro atoms. The van der Waals surface area contributed by atoms with Crippen molar-refractivity contribution in [1.82, 2.24) is 9.97 Å². The highest BCUT2D eigenvalue weighted by Crippen LogP contribution is 2.34. The zero-order chi connectivity index (χ0) is 15.7. The number of rotatable bonds is 3. The van der Waals surface area contributed by atoms with E-state index in [2.05, 4.69) is 15.3 Å². The van der Waals surface area contributed by atoms with Crippen LogP contribution in [0, 0.1) is 0 Å². The van der Waals surface area contributed by atoms with E-state index in [1.807, 2.05) is 24.3 Å². The molecule has 0 fully saturated rings. The summed E-state index contributed by atoms with van der Waals surface area (Å²) in [6.45, 7) is 0. The zero-order valence-electron chi connectivity index (χ0n) is 11.5. The summed E-state index contributed by atoms with van der Waals surface area (Å²) in [6, 6.07) is 10.5. The zero-order valence-corrected chi connectivity index (χ0v) is 13.0. The summed E-state index contributed by atoms with van der Waals surface area (Å²) in [4.78, 5) is 19.6. The molecule has 3 rings (SSSR count). The van der Waals surface area contributed by atoms with Crippen LogP contribution in [0.4, 0.5) is 5.95 Å². The minimum Gasteiger partial charge on any atom is -0.494 e. The quantitative estimate of drug-likeness (QED) is 0.756. The third-order valence-corrected chi connectivity index (χ3v) is 3.65. The van der Waals surface area contributed by atoms with E-state index in [1.54, 1.807) is 0 Å². The summed E-state index contributed by atoms with van der Waals surface area (Å²) >= 11 is 12.1. The Morgan fingerprint density at radius 2 is 1.91 bits per heavy atom. The van der Waals surface area contributed by atoms with Gasteiger partial charge in [0.2, 0.25) is 5.95 Å². The summed E-state index contributed by atoms with van der Waals surface area (Å²) in [5.74, 6) is 0.323. The first-order valence-electron chi connectivity index (χ1n) is 6.37. The molecule has 1 aromatic heterocycles. The van der Waals surface area contributed by atoms with Crippen LogP contribution < -0.4 is 10.1 Å². The standard InChI is InChI=1S/C15H11Cl2N3O2/c1-22-13-9(16)6-8(7-10(13)17)14(21)20-15-18-11-4-2-3-5-12(11)19-15/h2-7H,1H3,(H2,18,19,20,21). The Balaban J connectivity index is 1.88. The molecule has 0 radical (unpaired) electrons. The van der Waals surface area contributed by atoms with Crippen molar-refractivity contribution in [2.75, 3.05) is 12.4 Å². The second kappa shape index (κ2) is 5.87. The molecule has 1 heterocycles. The van der Waals surface area contributed by atoms with Crippen molar-refractivity contribution in [2.24, 2.45) is 0 Å². The minimum atomic E-state index is -0.370. The average molecular weight is 336 g/mol. The van der Waals surface area contributed by atoms with E-state index >= 15 is 0 Å². The molecule has 2 aromatic carbocycles. The predicted octanol–water partition coefficient (Wildman–Crippen LogP) is 4.13. The van der Waals surface area contributed by atoms with Crippen LogP contribution >= 0.6 is 23.2 Å². The number of nitrogens with zero attached hydrogens (tertiary/aromatic N) is 1. The molecule has 0 saturated heterocycles. The lowest BCUT2D eigenvalue weighted by Gasteiger charge is -2.08. The van der Waals surface area contributed by atoms with E-state index < -0.39 is 0 Å². The lowest BCUT2D eigenvalue weighted by atomic mass is 10.2. The number of fused-ring (bicyclic) bond motifs is 1. The van der Waals surface area contributed by atoms with E-state index in [-0.39, 0.29) is 16.0 Å². The number of aromatic amines is 1. The third-order valence-electron chi connectivity index (χ3n) is 3.09. The Morgan fingerprint density at radius 3 is 2.55 bits per heavy atom. The fraction of sp³-hybridized carbons (Fsp3) is 0.0667. The molecule has 3 aromatic rings. The summed E-state index contributed by atoms with van der Waals surface area (Å²) < 4.78 is 5.05. The number of imidazole rings is 1. The van der Waals surface area contributed by atoms with E-state index in [9.17, 15) is 4.79 Å². The lowest BCUT2D eigenvalue weighted by Crippen LogP contribution is -2.13. The SMILES string of the molecule is COc1c(Cl)cc(C(=O)Nc2nc3ccccc3[nH]2)cc1Cl. The summed E-state index contributed by atoms with van der Waals surface area (Å²) in [5, 5.41) is 3.21. The first-order chi connectivity index (χ1) is 10.6. The molecule has 0 atom stereocenters. The van der Waals surface area contributed by atoms with Crippen LogP contribution in [0.25, 0.3) is 11.0 Å². The van der Waals surface area contributed by atoms with Gasteiger partial charge in [0.1, 0.15) is 0 Å². The molecule has 7 heteroatoms. The van der Waals surface area contributed by atoms with Crippen molar-refractivity contribution >= 4 is 46.1 Å². The maximum Gasteiger partial charge on any atom is 0.258 e. The summed E-state index contributed by atoms with van der Waals surface area (Å²) in [7, 11) is 1.46. The van der Waals surface area contributed by atoms with Crippen LogP contribution in [0.3, 0.4) is 0 Å². The molecule has 22 heavy (non-hydrogen) atoms. The van der Waals surface area contributed by atoms with Gasteiger partial charge in [-0.3, -0.25) is 10.1 Å². The Bertz CT molecular complexity index is 805. The number of hydrogen-bond acceptors (Lipinski definition) is 3. The van der Waals surface area contributed by atoms with Gasteiger partial charge in [-0.15, -0.1) is 0 Å². The fourth-order valence-electron chi connectivity index (χ4n) is 2.08. The van der Waals surface area contributed by atoms with Gasteiger partial charge >= 0.3 is 0 Å². The first-order valence-corrected chi connectivity index (χ1v) is 7.13. The highest BCUT2D eigenvalue weighted by atomic mass is 35.5. The van der Waals surface area contributed by atoms with E-state index in [0.717, 1.165) is 11.0 Å². The van der Waals surface area contributed by atoms with Crippen molar-refractivity contribution in [3.05, 3.63) is 52.0 Å². The van der Waals surface area contributed by atoms with Gasteiger partial charge in [0.15, 0.2) is 5.75 Å². The number of amides is 1. The van der Waals surface area contributed by atoms with Crippen LogP contribution in [0.1, 0.15) is 10.4 Å². The first kappa shape index (κ1) is 14.7. The van der Waals surface area contributed by atoms with Gasteiger partial charge in [-0.2, -0.15) is 0 Å². The Kier molecular flexibility index (Phi) is 3.92. The number of carbonyl (C=O) groups is 1. The number of halogens is 2. The smallest absolute Gasteiger partial charge is 0.258 e. The molecule has 0 aliphatic heterocycles. The van der Waals surface area contributed by atoms with Gasteiger partial charge in [0.05, 0.1) is 28.2 Å². The number of carbonyl (C=O) groups excluding carboxylic acids is 1. The Morgan fingerprint density at radius 1 is 1.23 bits per heavy atom. The monoisotopic (exact) mass is 335 g/mol. The normalized spacial score (nSPS) is 10.7.